The van der Waals surface area contributed by atoms with E-state index in [4.69, 9.17) is 21.1 Å². The predicted octanol–water partition coefficient (Wildman–Crippen LogP) is 3.30. The van der Waals surface area contributed by atoms with Gasteiger partial charge in [-0.05, 0) is 24.3 Å². The van der Waals surface area contributed by atoms with Gasteiger partial charge in [0.1, 0.15) is 5.69 Å². The summed E-state index contributed by atoms with van der Waals surface area (Å²) in [5, 5.41) is 17.7. The summed E-state index contributed by atoms with van der Waals surface area (Å²) in [6.45, 7) is 0. The highest BCUT2D eigenvalue weighted by Gasteiger charge is 2.22. The van der Waals surface area contributed by atoms with Crippen molar-refractivity contribution in [2.75, 3.05) is 14.2 Å². The zero-order valence-corrected chi connectivity index (χ0v) is 14.2. The van der Waals surface area contributed by atoms with E-state index < -0.39 is 5.97 Å². The minimum atomic E-state index is -1.18. The highest BCUT2D eigenvalue weighted by Crippen LogP contribution is 2.32. The molecule has 0 aliphatic heterocycles. The molecular weight excluding hydrogens is 346 g/mol. The molecule has 0 amide bonds. The standard InChI is InChI=1S/C17H14ClN3O4/c1-24-13-7-6-12(9-14(13)25-2)21-16(15(17(22)23)19-20-21)10-4-3-5-11(18)8-10/h3-9H,1-2H3,(H,22,23). The SMILES string of the molecule is COc1ccc(-n2nnc(C(=O)O)c2-c2cccc(Cl)c2)cc1OC. The molecule has 3 rings (SSSR count). The fourth-order valence-electron chi connectivity index (χ4n) is 2.46. The van der Waals surface area contributed by atoms with Gasteiger partial charge in [-0.2, -0.15) is 0 Å². The zero-order valence-electron chi connectivity index (χ0n) is 13.4. The van der Waals surface area contributed by atoms with Gasteiger partial charge in [-0.15, -0.1) is 5.10 Å². The lowest BCUT2D eigenvalue weighted by atomic mass is 10.1. The Balaban J connectivity index is 2.22. The molecule has 0 bridgehead atoms. The molecule has 0 spiro atoms. The van der Waals surface area contributed by atoms with Crippen molar-refractivity contribution < 1.29 is 19.4 Å². The highest BCUT2D eigenvalue weighted by atomic mass is 35.5. The summed E-state index contributed by atoms with van der Waals surface area (Å²) in [6, 6.07) is 12.0. The minimum Gasteiger partial charge on any atom is -0.493 e. The van der Waals surface area contributed by atoms with Crippen molar-refractivity contribution in [3.05, 3.63) is 53.2 Å². The Morgan fingerprint density at radius 2 is 1.88 bits per heavy atom. The Labute approximate surface area is 148 Å². The van der Waals surface area contributed by atoms with Gasteiger partial charge in [0.05, 0.1) is 19.9 Å². The quantitative estimate of drug-likeness (QED) is 0.752. The van der Waals surface area contributed by atoms with E-state index in [1.165, 1.54) is 18.9 Å². The second-order valence-electron chi connectivity index (χ2n) is 5.05. The van der Waals surface area contributed by atoms with Crippen LogP contribution >= 0.6 is 11.6 Å². The number of aromatic nitrogens is 3. The van der Waals surface area contributed by atoms with Crippen molar-refractivity contribution in [3.8, 4) is 28.4 Å². The molecule has 0 unspecified atom stereocenters. The second kappa shape index (κ2) is 6.82. The molecule has 25 heavy (non-hydrogen) atoms. The van der Waals surface area contributed by atoms with E-state index in [1.807, 2.05) is 0 Å². The molecular formula is C17H14ClN3O4. The highest BCUT2D eigenvalue weighted by molar-refractivity contribution is 6.30. The van der Waals surface area contributed by atoms with Gasteiger partial charge in [-0.1, -0.05) is 28.9 Å². The lowest BCUT2D eigenvalue weighted by Crippen LogP contribution is -2.04. The smallest absolute Gasteiger partial charge is 0.358 e. The number of carboxylic acid groups (broad SMARTS) is 1. The second-order valence-corrected chi connectivity index (χ2v) is 5.49. The van der Waals surface area contributed by atoms with Crippen molar-refractivity contribution >= 4 is 17.6 Å². The lowest BCUT2D eigenvalue weighted by molar-refractivity contribution is 0.0691. The van der Waals surface area contributed by atoms with E-state index in [0.717, 1.165) is 0 Å². The maximum atomic E-state index is 11.6. The Hall–Kier alpha value is -3.06. The van der Waals surface area contributed by atoms with Gasteiger partial charge in [-0.25, -0.2) is 9.48 Å². The summed E-state index contributed by atoms with van der Waals surface area (Å²) in [6.07, 6.45) is 0. The van der Waals surface area contributed by atoms with Crippen LogP contribution in [0, 0.1) is 0 Å². The largest absolute Gasteiger partial charge is 0.493 e. The number of benzene rings is 2. The number of ether oxygens (including phenoxy) is 2. The van der Waals surface area contributed by atoms with Gasteiger partial charge >= 0.3 is 5.97 Å². The van der Waals surface area contributed by atoms with Crippen molar-refractivity contribution in [1.29, 1.82) is 0 Å². The van der Waals surface area contributed by atoms with Crippen LogP contribution in [-0.2, 0) is 0 Å². The molecule has 7 nitrogen and oxygen atoms in total. The number of hydrogen-bond acceptors (Lipinski definition) is 5. The molecule has 2 aromatic carbocycles. The first-order valence-corrected chi connectivity index (χ1v) is 7.60. The van der Waals surface area contributed by atoms with E-state index in [-0.39, 0.29) is 5.69 Å². The summed E-state index contributed by atoms with van der Waals surface area (Å²) in [5.41, 5.74) is 1.32. The number of rotatable bonds is 5. The van der Waals surface area contributed by atoms with Gasteiger partial charge in [0, 0.05) is 16.7 Å². The molecule has 0 saturated carbocycles. The van der Waals surface area contributed by atoms with Crippen LogP contribution in [0.25, 0.3) is 16.9 Å². The molecule has 0 saturated heterocycles. The monoisotopic (exact) mass is 359 g/mol. The maximum absolute atomic E-state index is 11.6. The van der Waals surface area contributed by atoms with Crippen LogP contribution in [0.4, 0.5) is 0 Å². The number of aromatic carboxylic acids is 1. The number of halogens is 1. The number of carbonyl (C=O) groups is 1. The number of methoxy groups -OCH3 is 2. The summed E-state index contributed by atoms with van der Waals surface area (Å²) < 4.78 is 11.9. The van der Waals surface area contributed by atoms with Gasteiger partial charge < -0.3 is 14.6 Å². The van der Waals surface area contributed by atoms with Crippen LogP contribution < -0.4 is 9.47 Å². The molecule has 0 radical (unpaired) electrons. The first-order chi connectivity index (χ1) is 12.0. The molecule has 1 heterocycles. The third-order valence-corrected chi connectivity index (χ3v) is 3.82. The number of nitrogens with zero attached hydrogens (tertiary/aromatic N) is 3. The third kappa shape index (κ3) is 3.14. The van der Waals surface area contributed by atoms with Crippen molar-refractivity contribution in [2.24, 2.45) is 0 Å². The summed E-state index contributed by atoms with van der Waals surface area (Å²) >= 11 is 6.05. The topological polar surface area (TPSA) is 86.5 Å². The number of hydrogen-bond donors (Lipinski definition) is 1. The van der Waals surface area contributed by atoms with E-state index >= 15 is 0 Å². The molecule has 0 fully saturated rings. The van der Waals surface area contributed by atoms with Crippen molar-refractivity contribution in [1.82, 2.24) is 15.0 Å². The first-order valence-electron chi connectivity index (χ1n) is 7.22. The summed E-state index contributed by atoms with van der Waals surface area (Å²) in [5.74, 6) is -0.139. The van der Waals surface area contributed by atoms with Crippen LogP contribution in [0.2, 0.25) is 5.02 Å². The molecule has 0 atom stereocenters. The van der Waals surface area contributed by atoms with Crippen LogP contribution in [0.1, 0.15) is 10.5 Å². The van der Waals surface area contributed by atoms with Gasteiger partial charge in [0.25, 0.3) is 0 Å². The first kappa shape index (κ1) is 16.8. The molecule has 3 aromatic rings. The Kier molecular flexibility index (Phi) is 4.58. The molecule has 0 aliphatic rings. The van der Waals surface area contributed by atoms with Crippen molar-refractivity contribution in [3.63, 3.8) is 0 Å². The van der Waals surface area contributed by atoms with Crippen LogP contribution in [0.15, 0.2) is 42.5 Å². The van der Waals surface area contributed by atoms with Crippen LogP contribution in [-0.4, -0.2) is 40.3 Å². The van der Waals surface area contributed by atoms with E-state index in [0.29, 0.717) is 33.5 Å². The zero-order chi connectivity index (χ0) is 18.0. The Morgan fingerprint density at radius 3 is 2.52 bits per heavy atom. The van der Waals surface area contributed by atoms with Crippen molar-refractivity contribution in [2.45, 2.75) is 0 Å². The molecule has 128 valence electrons. The average molecular weight is 360 g/mol. The number of carboxylic acids is 1. The van der Waals surface area contributed by atoms with Gasteiger partial charge in [0.2, 0.25) is 0 Å². The van der Waals surface area contributed by atoms with Crippen LogP contribution in [0.5, 0.6) is 11.5 Å². The molecule has 0 aliphatic carbocycles. The van der Waals surface area contributed by atoms with Gasteiger partial charge in [0.15, 0.2) is 17.2 Å². The maximum Gasteiger partial charge on any atom is 0.358 e. The van der Waals surface area contributed by atoms with Crippen LogP contribution in [0.3, 0.4) is 0 Å². The normalized spacial score (nSPS) is 10.5. The summed E-state index contributed by atoms with van der Waals surface area (Å²) in [4.78, 5) is 11.6. The lowest BCUT2D eigenvalue weighted by Gasteiger charge is -2.11. The fraction of sp³-hybridized carbons (Fsp3) is 0.118. The fourth-order valence-corrected chi connectivity index (χ4v) is 2.65. The Morgan fingerprint density at radius 1 is 1.12 bits per heavy atom. The minimum absolute atomic E-state index is 0.169. The van der Waals surface area contributed by atoms with Gasteiger partial charge in [-0.3, -0.25) is 0 Å². The molecule has 1 aromatic heterocycles. The van der Waals surface area contributed by atoms with E-state index in [9.17, 15) is 9.90 Å². The molecule has 8 heteroatoms. The Bertz CT molecular complexity index is 939. The summed E-state index contributed by atoms with van der Waals surface area (Å²) in [7, 11) is 3.05. The predicted molar refractivity (Wildman–Crippen MR) is 91.9 cm³/mol. The third-order valence-electron chi connectivity index (χ3n) is 3.58. The average Bonchev–Trinajstić information content (AvgIpc) is 3.06. The van der Waals surface area contributed by atoms with E-state index in [1.54, 1.807) is 42.5 Å². The van der Waals surface area contributed by atoms with E-state index in [2.05, 4.69) is 10.3 Å². The molecule has 1 N–H and O–H groups in total.